The van der Waals surface area contributed by atoms with E-state index in [1.807, 2.05) is 14.1 Å². The van der Waals surface area contributed by atoms with Crippen LogP contribution in [0.3, 0.4) is 0 Å². The van der Waals surface area contributed by atoms with Crippen molar-refractivity contribution < 1.29 is 0 Å². The van der Waals surface area contributed by atoms with Gasteiger partial charge in [-0.15, -0.1) is 0 Å². The van der Waals surface area contributed by atoms with E-state index in [1.165, 1.54) is 0 Å². The minimum atomic E-state index is 0.225. The van der Waals surface area contributed by atoms with Crippen molar-refractivity contribution in [1.29, 1.82) is 0 Å². The zero-order valence-corrected chi connectivity index (χ0v) is 5.38. The number of nitrogens with zero attached hydrogens (tertiary/aromatic N) is 1. The molecule has 0 atom stereocenters. The third kappa shape index (κ3) is 2.53. The fourth-order valence-electron chi connectivity index (χ4n) is 0.158. The molecule has 3 heteroatoms. The monoisotopic (exact) mass is 117 g/mol. The Labute approximate surface area is 49.3 Å². The Kier molecular flexibility index (Phi) is 2.87. The van der Waals surface area contributed by atoms with Gasteiger partial charge in [0, 0.05) is 14.1 Å². The molecule has 0 unspecified atom stereocenters. The molecule has 0 amide bonds. The largest absolute Gasteiger partial charge is 0.371 e. The van der Waals surface area contributed by atoms with Crippen LogP contribution in [0.5, 0.6) is 0 Å². The number of likely N-dealkylation sites (N-methyl/N-ethyl adjacent to an activating group) is 1. The lowest BCUT2D eigenvalue weighted by atomic mass is 10.6. The molecule has 41 valence electrons. The van der Waals surface area contributed by atoms with E-state index in [-0.39, 0.29) is 6.54 Å². The zero-order valence-electron chi connectivity index (χ0n) is 4.56. The summed E-state index contributed by atoms with van der Waals surface area (Å²) >= 11 is 4.72. The van der Waals surface area contributed by atoms with Crippen LogP contribution in [0.1, 0.15) is 0 Å². The highest BCUT2D eigenvalue weighted by Crippen LogP contribution is 1.77. The Morgan fingerprint density at radius 3 is 2.14 bits per heavy atom. The van der Waals surface area contributed by atoms with Crippen molar-refractivity contribution >= 4 is 17.2 Å². The second-order valence-electron chi connectivity index (χ2n) is 1.46. The van der Waals surface area contributed by atoms with Crippen LogP contribution in [-0.2, 0) is 0 Å². The summed E-state index contributed by atoms with van der Waals surface area (Å²) in [4.78, 5) is 2.45. The van der Waals surface area contributed by atoms with Gasteiger partial charge in [-0.2, -0.15) is 0 Å². The van der Waals surface area contributed by atoms with Crippen LogP contribution >= 0.6 is 12.2 Å². The molecular weight excluding hydrogens is 108 g/mol. The van der Waals surface area contributed by atoms with Crippen molar-refractivity contribution in [3.63, 3.8) is 0 Å². The Bertz CT molecular complexity index is 70.1. The molecular formula is C4H9N2S. The van der Waals surface area contributed by atoms with Crippen molar-refractivity contribution in [3.05, 3.63) is 0 Å². The summed E-state index contributed by atoms with van der Waals surface area (Å²) in [5.74, 6) is 0. The Hall–Kier alpha value is -0.150. The summed E-state index contributed by atoms with van der Waals surface area (Å²) in [6, 6.07) is 0. The number of hydrogen-bond donors (Lipinski definition) is 0. The molecule has 0 aromatic rings. The molecule has 0 bridgehead atoms. The molecule has 0 heterocycles. The van der Waals surface area contributed by atoms with Crippen LogP contribution in [-0.4, -0.2) is 30.5 Å². The lowest BCUT2D eigenvalue weighted by Gasteiger charge is -2.09. The normalized spacial score (nSPS) is 8.43. The highest BCUT2D eigenvalue weighted by molar-refractivity contribution is 7.80. The van der Waals surface area contributed by atoms with Crippen molar-refractivity contribution in [2.24, 2.45) is 0 Å². The molecule has 0 rings (SSSR count). The molecule has 0 aromatic carbocycles. The number of thiocarbonyl (C=S) groups is 1. The van der Waals surface area contributed by atoms with Gasteiger partial charge in [0.1, 0.15) is 0 Å². The zero-order chi connectivity index (χ0) is 5.86. The number of nitrogens with one attached hydrogen (secondary N) is 1. The van der Waals surface area contributed by atoms with E-state index >= 15 is 0 Å². The third-order valence-electron chi connectivity index (χ3n) is 0.650. The van der Waals surface area contributed by atoms with Gasteiger partial charge in [0.05, 0.1) is 11.5 Å². The lowest BCUT2D eigenvalue weighted by molar-refractivity contribution is 0.625. The van der Waals surface area contributed by atoms with Crippen molar-refractivity contribution in [2.45, 2.75) is 0 Å². The molecule has 0 aliphatic rings. The van der Waals surface area contributed by atoms with E-state index in [9.17, 15) is 0 Å². The highest BCUT2D eigenvalue weighted by atomic mass is 32.1. The van der Waals surface area contributed by atoms with Crippen LogP contribution in [0.25, 0.3) is 0 Å². The summed E-state index contributed by atoms with van der Waals surface area (Å²) < 4.78 is 0. The Balaban J connectivity index is 3.35. The predicted molar refractivity (Wildman–Crippen MR) is 34.2 cm³/mol. The topological polar surface area (TPSA) is 27.0 Å². The molecule has 2 nitrogen and oxygen atoms in total. The molecule has 0 aliphatic carbocycles. The molecule has 0 aromatic heterocycles. The Morgan fingerprint density at radius 1 is 1.71 bits per heavy atom. The summed E-state index contributed by atoms with van der Waals surface area (Å²) in [6.45, 7) is 0.225. The van der Waals surface area contributed by atoms with Crippen LogP contribution in [0.2, 0.25) is 0 Å². The number of hydrogen-bond acceptors (Lipinski definition) is 1. The fraction of sp³-hybridized carbons (Fsp3) is 0.750. The SMILES string of the molecule is CN(C)C(=S)C[NH]. The fourth-order valence-corrected chi connectivity index (χ4v) is 0.158. The second kappa shape index (κ2) is 2.93. The number of rotatable bonds is 1. The van der Waals surface area contributed by atoms with Gasteiger partial charge in [-0.1, -0.05) is 12.2 Å². The van der Waals surface area contributed by atoms with E-state index in [2.05, 4.69) is 0 Å². The van der Waals surface area contributed by atoms with Gasteiger partial charge >= 0.3 is 0 Å². The first-order valence-electron chi connectivity index (χ1n) is 2.03. The van der Waals surface area contributed by atoms with Crippen LogP contribution in [0, 0.1) is 0 Å². The molecule has 7 heavy (non-hydrogen) atoms. The average molecular weight is 117 g/mol. The average Bonchev–Trinajstić information content (AvgIpc) is 1.65. The van der Waals surface area contributed by atoms with E-state index in [0.29, 0.717) is 4.99 Å². The summed E-state index contributed by atoms with van der Waals surface area (Å²) in [5, 5.41) is 0. The van der Waals surface area contributed by atoms with Gasteiger partial charge in [0.25, 0.3) is 0 Å². The summed E-state index contributed by atoms with van der Waals surface area (Å²) in [7, 11) is 3.69. The molecule has 0 aliphatic heterocycles. The molecule has 0 saturated heterocycles. The van der Waals surface area contributed by atoms with E-state index in [0.717, 1.165) is 0 Å². The van der Waals surface area contributed by atoms with E-state index in [1.54, 1.807) is 4.90 Å². The molecule has 1 N–H and O–H groups in total. The standard InChI is InChI=1S/C4H9N2S/c1-6(2)4(7)3-5/h5H,3H2,1-2H3. The summed E-state index contributed by atoms with van der Waals surface area (Å²) in [6.07, 6.45) is 0. The van der Waals surface area contributed by atoms with Gasteiger partial charge in [-0.3, -0.25) is 5.73 Å². The van der Waals surface area contributed by atoms with Crippen molar-refractivity contribution in [3.8, 4) is 0 Å². The van der Waals surface area contributed by atoms with Crippen molar-refractivity contribution in [2.75, 3.05) is 20.6 Å². The first kappa shape index (κ1) is 6.85. The molecule has 0 saturated carbocycles. The highest BCUT2D eigenvalue weighted by Gasteiger charge is 1.90. The smallest absolute Gasteiger partial charge is 0.0928 e. The van der Waals surface area contributed by atoms with Gasteiger partial charge in [0.15, 0.2) is 0 Å². The second-order valence-corrected chi connectivity index (χ2v) is 1.94. The third-order valence-corrected chi connectivity index (χ3v) is 1.16. The van der Waals surface area contributed by atoms with Crippen LogP contribution in [0.4, 0.5) is 0 Å². The maximum atomic E-state index is 6.76. The first-order chi connectivity index (χ1) is 3.18. The maximum absolute atomic E-state index is 6.76. The lowest BCUT2D eigenvalue weighted by Crippen LogP contribution is -2.23. The molecule has 1 radical (unpaired) electrons. The van der Waals surface area contributed by atoms with Gasteiger partial charge < -0.3 is 4.90 Å². The van der Waals surface area contributed by atoms with Gasteiger partial charge in [0.2, 0.25) is 0 Å². The molecule has 0 fully saturated rings. The predicted octanol–water partition coefficient (Wildman–Crippen LogP) is 0.158. The first-order valence-corrected chi connectivity index (χ1v) is 2.44. The van der Waals surface area contributed by atoms with E-state index < -0.39 is 0 Å². The van der Waals surface area contributed by atoms with Crippen molar-refractivity contribution in [1.82, 2.24) is 10.6 Å². The summed E-state index contributed by atoms with van der Waals surface area (Å²) in [5.41, 5.74) is 6.76. The van der Waals surface area contributed by atoms with E-state index in [4.69, 9.17) is 18.0 Å². The van der Waals surface area contributed by atoms with Crippen LogP contribution < -0.4 is 5.73 Å². The Morgan fingerprint density at radius 2 is 2.14 bits per heavy atom. The minimum absolute atomic E-state index is 0.225. The van der Waals surface area contributed by atoms with Gasteiger partial charge in [-0.05, 0) is 0 Å². The van der Waals surface area contributed by atoms with Gasteiger partial charge in [-0.25, -0.2) is 0 Å². The quantitative estimate of drug-likeness (QED) is 0.457. The van der Waals surface area contributed by atoms with Crippen LogP contribution in [0.15, 0.2) is 0 Å². The maximum Gasteiger partial charge on any atom is 0.0928 e. The minimum Gasteiger partial charge on any atom is -0.371 e. The molecule has 0 spiro atoms.